The molecule has 108 valence electrons. The SMILES string of the molecule is CCCn1cc(Br)cc1C(=O)Nc1ccc(C#N)cc1F. The lowest BCUT2D eigenvalue weighted by molar-refractivity contribution is 0.101. The van der Waals surface area contributed by atoms with Gasteiger partial charge in [-0.3, -0.25) is 4.79 Å². The highest BCUT2D eigenvalue weighted by Crippen LogP contribution is 2.19. The average Bonchev–Trinajstić information content (AvgIpc) is 2.82. The first-order valence-electron chi connectivity index (χ1n) is 6.41. The van der Waals surface area contributed by atoms with Crippen LogP contribution in [0.3, 0.4) is 0 Å². The van der Waals surface area contributed by atoms with Gasteiger partial charge in [0.25, 0.3) is 5.91 Å². The normalized spacial score (nSPS) is 10.2. The number of nitrogens with zero attached hydrogens (tertiary/aromatic N) is 2. The number of nitrogens with one attached hydrogen (secondary N) is 1. The number of hydrogen-bond donors (Lipinski definition) is 1. The summed E-state index contributed by atoms with van der Waals surface area (Å²) in [7, 11) is 0. The highest BCUT2D eigenvalue weighted by molar-refractivity contribution is 9.10. The molecule has 0 saturated carbocycles. The summed E-state index contributed by atoms with van der Waals surface area (Å²) in [5.41, 5.74) is 0.717. The van der Waals surface area contributed by atoms with Gasteiger partial charge in [0.1, 0.15) is 11.5 Å². The average molecular weight is 350 g/mol. The van der Waals surface area contributed by atoms with Crippen molar-refractivity contribution in [3.63, 3.8) is 0 Å². The Morgan fingerprint density at radius 3 is 2.86 bits per heavy atom. The largest absolute Gasteiger partial charge is 0.342 e. The lowest BCUT2D eigenvalue weighted by Crippen LogP contribution is -2.17. The van der Waals surface area contributed by atoms with Crippen molar-refractivity contribution < 1.29 is 9.18 Å². The fourth-order valence-corrected chi connectivity index (χ4v) is 2.43. The Hall–Kier alpha value is -2.13. The summed E-state index contributed by atoms with van der Waals surface area (Å²) in [6, 6.07) is 7.47. The number of halogens is 2. The van der Waals surface area contributed by atoms with Crippen LogP contribution in [-0.2, 0) is 6.54 Å². The van der Waals surface area contributed by atoms with Crippen molar-refractivity contribution in [2.24, 2.45) is 0 Å². The monoisotopic (exact) mass is 349 g/mol. The second-order valence-corrected chi connectivity index (χ2v) is 5.41. The van der Waals surface area contributed by atoms with Crippen LogP contribution in [0.2, 0.25) is 0 Å². The van der Waals surface area contributed by atoms with Crippen LogP contribution in [-0.4, -0.2) is 10.5 Å². The van der Waals surface area contributed by atoms with E-state index < -0.39 is 11.7 Å². The van der Waals surface area contributed by atoms with E-state index in [1.165, 1.54) is 12.1 Å². The molecule has 4 nitrogen and oxygen atoms in total. The minimum Gasteiger partial charge on any atom is -0.342 e. The van der Waals surface area contributed by atoms with E-state index in [4.69, 9.17) is 5.26 Å². The molecule has 0 unspecified atom stereocenters. The predicted octanol–water partition coefficient (Wildman–Crippen LogP) is 3.92. The van der Waals surface area contributed by atoms with Crippen LogP contribution in [0, 0.1) is 17.1 Å². The highest BCUT2D eigenvalue weighted by Gasteiger charge is 2.15. The number of rotatable bonds is 4. The molecule has 1 amide bonds. The van der Waals surface area contributed by atoms with E-state index >= 15 is 0 Å². The molecule has 1 aromatic heterocycles. The minimum atomic E-state index is -0.630. The van der Waals surface area contributed by atoms with Crippen LogP contribution in [0.15, 0.2) is 34.9 Å². The van der Waals surface area contributed by atoms with Crippen LogP contribution in [0.5, 0.6) is 0 Å². The highest BCUT2D eigenvalue weighted by atomic mass is 79.9. The molecule has 0 radical (unpaired) electrons. The maximum atomic E-state index is 13.8. The van der Waals surface area contributed by atoms with Crippen molar-refractivity contribution in [3.05, 3.63) is 52.0 Å². The van der Waals surface area contributed by atoms with Crippen LogP contribution in [0.4, 0.5) is 10.1 Å². The summed E-state index contributed by atoms with van der Waals surface area (Å²) >= 11 is 3.33. The number of hydrogen-bond acceptors (Lipinski definition) is 2. The molecule has 0 bridgehead atoms. The van der Waals surface area contributed by atoms with Gasteiger partial charge in [0.05, 0.1) is 17.3 Å². The number of amides is 1. The third kappa shape index (κ3) is 3.50. The van der Waals surface area contributed by atoms with Gasteiger partial charge in [-0.25, -0.2) is 4.39 Å². The molecule has 0 aliphatic heterocycles. The number of benzene rings is 1. The van der Waals surface area contributed by atoms with Gasteiger partial charge in [0.15, 0.2) is 0 Å². The lowest BCUT2D eigenvalue weighted by atomic mass is 10.2. The number of carbonyl (C=O) groups excluding carboxylic acids is 1. The number of carbonyl (C=O) groups is 1. The molecule has 1 N–H and O–H groups in total. The van der Waals surface area contributed by atoms with Crippen molar-refractivity contribution in [1.29, 1.82) is 5.26 Å². The zero-order valence-electron chi connectivity index (χ0n) is 11.4. The van der Waals surface area contributed by atoms with Gasteiger partial charge in [-0.1, -0.05) is 6.92 Å². The van der Waals surface area contributed by atoms with Gasteiger partial charge >= 0.3 is 0 Å². The summed E-state index contributed by atoms with van der Waals surface area (Å²) in [5.74, 6) is -1.02. The Morgan fingerprint density at radius 1 is 1.48 bits per heavy atom. The van der Waals surface area contributed by atoms with E-state index in [9.17, 15) is 9.18 Å². The fraction of sp³-hybridized carbons (Fsp3) is 0.200. The molecular weight excluding hydrogens is 337 g/mol. The molecule has 6 heteroatoms. The number of nitriles is 1. The van der Waals surface area contributed by atoms with Crippen molar-refractivity contribution in [1.82, 2.24) is 4.57 Å². The van der Waals surface area contributed by atoms with E-state index in [2.05, 4.69) is 21.2 Å². The van der Waals surface area contributed by atoms with Gasteiger partial charge in [-0.05, 0) is 46.6 Å². The Kier molecular flexibility index (Phi) is 4.76. The summed E-state index contributed by atoms with van der Waals surface area (Å²) in [6.45, 7) is 2.71. The number of anilines is 1. The Bertz CT molecular complexity index is 718. The quantitative estimate of drug-likeness (QED) is 0.909. The van der Waals surface area contributed by atoms with Crippen LogP contribution >= 0.6 is 15.9 Å². The van der Waals surface area contributed by atoms with Crippen LogP contribution < -0.4 is 5.32 Å². The van der Waals surface area contributed by atoms with E-state index in [0.29, 0.717) is 12.2 Å². The number of aromatic nitrogens is 1. The topological polar surface area (TPSA) is 57.8 Å². The van der Waals surface area contributed by atoms with Gasteiger partial charge < -0.3 is 9.88 Å². The fourth-order valence-electron chi connectivity index (χ4n) is 1.96. The molecular formula is C15H13BrFN3O. The first-order valence-corrected chi connectivity index (χ1v) is 7.21. The molecule has 21 heavy (non-hydrogen) atoms. The summed E-state index contributed by atoms with van der Waals surface area (Å²) in [5, 5.41) is 11.2. The Labute approximate surface area is 130 Å². The molecule has 0 fully saturated rings. The van der Waals surface area contributed by atoms with Gasteiger partial charge in [-0.2, -0.15) is 5.26 Å². The summed E-state index contributed by atoms with van der Waals surface area (Å²) < 4.78 is 16.4. The zero-order valence-corrected chi connectivity index (χ0v) is 12.9. The maximum Gasteiger partial charge on any atom is 0.272 e. The molecule has 0 saturated heterocycles. The molecule has 1 heterocycles. The molecule has 2 rings (SSSR count). The Morgan fingerprint density at radius 2 is 2.24 bits per heavy atom. The van der Waals surface area contributed by atoms with Gasteiger partial charge in [0, 0.05) is 17.2 Å². The summed E-state index contributed by atoms with van der Waals surface area (Å²) in [6.07, 6.45) is 2.69. The third-order valence-electron chi connectivity index (χ3n) is 2.91. The molecule has 2 aromatic rings. The van der Waals surface area contributed by atoms with E-state index in [0.717, 1.165) is 17.0 Å². The van der Waals surface area contributed by atoms with Crippen LogP contribution in [0.25, 0.3) is 0 Å². The van der Waals surface area contributed by atoms with Gasteiger partial charge in [-0.15, -0.1) is 0 Å². The lowest BCUT2D eigenvalue weighted by Gasteiger charge is -2.09. The molecule has 0 spiro atoms. The molecule has 1 aromatic carbocycles. The van der Waals surface area contributed by atoms with Crippen LogP contribution in [0.1, 0.15) is 29.4 Å². The van der Waals surface area contributed by atoms with Crippen molar-refractivity contribution in [2.75, 3.05) is 5.32 Å². The second-order valence-electron chi connectivity index (χ2n) is 4.50. The second kappa shape index (κ2) is 6.55. The predicted molar refractivity (Wildman–Crippen MR) is 81.5 cm³/mol. The molecule has 0 aliphatic carbocycles. The zero-order chi connectivity index (χ0) is 15.4. The van der Waals surface area contributed by atoms with E-state index in [1.54, 1.807) is 10.6 Å². The third-order valence-corrected chi connectivity index (χ3v) is 3.34. The van der Waals surface area contributed by atoms with Crippen molar-refractivity contribution in [2.45, 2.75) is 19.9 Å². The standard InChI is InChI=1S/C15H13BrFN3O/c1-2-5-20-9-11(16)7-14(20)15(21)19-13-4-3-10(8-18)6-12(13)17/h3-4,6-7,9H,2,5H2,1H3,(H,19,21). The molecule has 0 aliphatic rings. The van der Waals surface area contributed by atoms with E-state index in [1.807, 2.05) is 19.2 Å². The van der Waals surface area contributed by atoms with Gasteiger partial charge in [0.2, 0.25) is 0 Å². The van der Waals surface area contributed by atoms with Crippen molar-refractivity contribution >= 4 is 27.5 Å². The molecule has 0 atom stereocenters. The number of aryl methyl sites for hydroxylation is 1. The first-order chi connectivity index (χ1) is 10.0. The smallest absolute Gasteiger partial charge is 0.272 e. The first kappa shape index (κ1) is 15.3. The Balaban J connectivity index is 2.24. The summed E-state index contributed by atoms with van der Waals surface area (Å²) in [4.78, 5) is 12.2. The minimum absolute atomic E-state index is 0.0550. The van der Waals surface area contributed by atoms with Crippen molar-refractivity contribution in [3.8, 4) is 6.07 Å². The maximum absolute atomic E-state index is 13.8. The van der Waals surface area contributed by atoms with E-state index in [-0.39, 0.29) is 11.3 Å².